The van der Waals surface area contributed by atoms with Crippen molar-refractivity contribution in [3.63, 3.8) is 0 Å². The lowest BCUT2D eigenvalue weighted by molar-refractivity contribution is -0.870. The molecule has 0 aromatic heterocycles. The number of hydrogen-bond acceptors (Lipinski definition) is 7. The van der Waals surface area contributed by atoms with Crippen molar-refractivity contribution in [2.45, 2.75) is 347 Å². The summed E-state index contributed by atoms with van der Waals surface area (Å²) in [5.41, 5.74) is 0. The number of carboxylic acids is 1. The first-order valence-electron chi connectivity index (χ1n) is 36.1. The van der Waals surface area contributed by atoms with Gasteiger partial charge in [-0.25, -0.2) is 4.79 Å². The van der Waals surface area contributed by atoms with Gasteiger partial charge in [-0.1, -0.05) is 311 Å². The highest BCUT2D eigenvalue weighted by atomic mass is 16.7. The van der Waals surface area contributed by atoms with Crippen molar-refractivity contribution in [3.8, 4) is 0 Å². The molecule has 85 heavy (non-hydrogen) atoms. The summed E-state index contributed by atoms with van der Waals surface area (Å²) in [6, 6.07) is 0. The molecule has 0 rings (SSSR count). The van der Waals surface area contributed by atoms with E-state index in [0.29, 0.717) is 23.9 Å². The number of hydrogen-bond donors (Lipinski definition) is 1. The van der Waals surface area contributed by atoms with Gasteiger partial charge >= 0.3 is 17.9 Å². The van der Waals surface area contributed by atoms with Crippen LogP contribution in [0.4, 0.5) is 0 Å². The maximum absolute atomic E-state index is 12.9. The smallest absolute Gasteiger partial charge is 0.361 e. The Morgan fingerprint density at radius 1 is 0.365 bits per heavy atom. The van der Waals surface area contributed by atoms with E-state index in [9.17, 15) is 19.5 Å². The monoisotopic (exact) mass is 1190 g/mol. The maximum Gasteiger partial charge on any atom is 0.361 e. The summed E-state index contributed by atoms with van der Waals surface area (Å²) in [6.07, 6.45) is 86.1. The van der Waals surface area contributed by atoms with Gasteiger partial charge in [0.15, 0.2) is 6.10 Å². The van der Waals surface area contributed by atoms with Crippen molar-refractivity contribution in [2.24, 2.45) is 0 Å². The highest BCUT2D eigenvalue weighted by Gasteiger charge is 2.25. The topological polar surface area (TPSA) is 108 Å². The molecule has 1 N–H and O–H groups in total. The van der Waals surface area contributed by atoms with E-state index in [2.05, 4.69) is 86.8 Å². The van der Waals surface area contributed by atoms with Crippen LogP contribution in [0.2, 0.25) is 0 Å². The molecule has 0 aromatic carbocycles. The third kappa shape index (κ3) is 68.1. The van der Waals surface area contributed by atoms with Crippen LogP contribution in [0.3, 0.4) is 0 Å². The summed E-state index contributed by atoms with van der Waals surface area (Å²) >= 11 is 0. The van der Waals surface area contributed by atoms with E-state index >= 15 is 0 Å². The maximum atomic E-state index is 12.9. The first-order chi connectivity index (χ1) is 41.6. The van der Waals surface area contributed by atoms with Gasteiger partial charge in [-0.3, -0.25) is 9.59 Å². The Morgan fingerprint density at radius 3 is 1.01 bits per heavy atom. The van der Waals surface area contributed by atoms with Gasteiger partial charge in [0.2, 0.25) is 0 Å². The summed E-state index contributed by atoms with van der Waals surface area (Å²) in [6.45, 7) is 4.79. The minimum atomic E-state index is -1.52. The molecule has 0 aliphatic carbocycles. The van der Waals surface area contributed by atoms with Gasteiger partial charge in [0.1, 0.15) is 13.2 Å². The van der Waals surface area contributed by atoms with E-state index in [1.165, 1.54) is 225 Å². The average Bonchev–Trinajstić information content (AvgIpc) is 3.49. The number of carbonyl (C=O) groups excluding carboxylic acids is 2. The standard InChI is InChI=1S/C76H137NO8/c1-6-8-10-12-14-16-18-20-22-24-26-28-30-31-32-33-34-35-36-37-38-39-40-41-42-43-45-46-48-50-52-54-56-58-60-62-64-66-73(78)83-70-72(71-84-76(75(80)81)82-69-68-77(3,4)5)85-74(79)67-65-63-61-59-57-55-53-51-49-47-44-29-27-25-23-21-19-17-15-13-11-9-7-2/h9,11,15,17,21,23-24,26-27,29,47,49,72,76H,6-8,10,12-14,16,18-20,22,25,28,30-46,48,50-71H2,1-5H3/p+1/b11-9-,17-15-,23-21-,26-24-,29-27-,49-47-. The van der Waals surface area contributed by atoms with Crippen LogP contribution in [0.25, 0.3) is 0 Å². The first kappa shape index (κ1) is 81.7. The molecule has 0 saturated carbocycles. The van der Waals surface area contributed by atoms with E-state index < -0.39 is 24.3 Å². The Hall–Kier alpha value is -3.27. The Morgan fingerprint density at radius 2 is 0.671 bits per heavy atom. The summed E-state index contributed by atoms with van der Waals surface area (Å²) < 4.78 is 23.0. The number of unbranched alkanes of at least 4 members (excludes halogenated alkanes) is 40. The molecule has 0 radical (unpaired) electrons. The van der Waals surface area contributed by atoms with E-state index in [-0.39, 0.29) is 32.2 Å². The Balaban J connectivity index is 4.02. The number of allylic oxidation sites excluding steroid dienone is 12. The highest BCUT2D eigenvalue weighted by molar-refractivity contribution is 5.71. The zero-order valence-electron chi connectivity index (χ0n) is 56.5. The molecule has 9 heteroatoms. The number of likely N-dealkylation sites (N-methyl/N-ethyl adjacent to an activating group) is 1. The van der Waals surface area contributed by atoms with Crippen LogP contribution < -0.4 is 0 Å². The normalized spacial score (nSPS) is 13.1. The third-order valence-corrected chi connectivity index (χ3v) is 15.9. The number of carboxylic acid groups (broad SMARTS) is 1. The molecule has 494 valence electrons. The summed E-state index contributed by atoms with van der Waals surface area (Å²) in [5.74, 6) is -2.01. The van der Waals surface area contributed by atoms with Crippen LogP contribution in [0.1, 0.15) is 335 Å². The van der Waals surface area contributed by atoms with Gasteiger partial charge < -0.3 is 28.5 Å². The van der Waals surface area contributed by atoms with Crippen LogP contribution in [-0.2, 0) is 33.3 Å². The van der Waals surface area contributed by atoms with Crippen molar-refractivity contribution in [1.29, 1.82) is 0 Å². The Labute approximate surface area is 526 Å². The van der Waals surface area contributed by atoms with Crippen LogP contribution in [0, 0.1) is 0 Å². The van der Waals surface area contributed by atoms with Gasteiger partial charge in [0.05, 0.1) is 34.4 Å². The summed E-state index contributed by atoms with van der Waals surface area (Å²) in [7, 11) is 5.98. The second-order valence-corrected chi connectivity index (χ2v) is 25.5. The predicted octanol–water partition coefficient (Wildman–Crippen LogP) is 22.5. The number of aliphatic carboxylic acids is 1. The zero-order chi connectivity index (χ0) is 61.9. The molecule has 2 atom stereocenters. The van der Waals surface area contributed by atoms with Crippen LogP contribution in [0.5, 0.6) is 0 Å². The second kappa shape index (κ2) is 66.7. The molecule has 0 aliphatic rings. The molecule has 0 bridgehead atoms. The number of quaternary nitrogens is 1. The molecule has 0 spiro atoms. The van der Waals surface area contributed by atoms with E-state index in [0.717, 1.165) is 77.0 Å². The number of ether oxygens (including phenoxy) is 4. The van der Waals surface area contributed by atoms with Crippen LogP contribution >= 0.6 is 0 Å². The molecule has 0 saturated heterocycles. The molecule has 0 fully saturated rings. The van der Waals surface area contributed by atoms with Crippen LogP contribution in [0.15, 0.2) is 72.9 Å². The SMILES string of the molecule is CC/C=C\C/C=C\C/C=C\C/C=C\C/C=C\CCCCCCCCCC(=O)OC(COC(=O)CCCCCCCCCCCCCCCCCCCCCCCCCCC/C=C\CCCCCCCCCC)COC(OCC[N+](C)(C)C)C(=O)O. The lowest BCUT2D eigenvalue weighted by Gasteiger charge is -2.25. The molecule has 0 aliphatic heterocycles. The lowest BCUT2D eigenvalue weighted by atomic mass is 10.0. The molecular formula is C76H138NO8+. The minimum Gasteiger partial charge on any atom is -0.477 e. The van der Waals surface area contributed by atoms with Crippen molar-refractivity contribution in [2.75, 3.05) is 47.5 Å². The molecular weight excluding hydrogens is 1050 g/mol. The van der Waals surface area contributed by atoms with Crippen LogP contribution in [-0.4, -0.2) is 87.4 Å². The number of rotatable bonds is 67. The fourth-order valence-corrected chi connectivity index (χ4v) is 10.5. The first-order valence-corrected chi connectivity index (χ1v) is 36.1. The lowest BCUT2D eigenvalue weighted by Crippen LogP contribution is -2.40. The Kier molecular flexibility index (Phi) is 64.1. The van der Waals surface area contributed by atoms with Crippen molar-refractivity contribution >= 4 is 17.9 Å². The largest absolute Gasteiger partial charge is 0.477 e. The van der Waals surface area contributed by atoms with Gasteiger partial charge in [-0.05, 0) is 83.5 Å². The van der Waals surface area contributed by atoms with Gasteiger partial charge in [0, 0.05) is 12.8 Å². The summed E-state index contributed by atoms with van der Waals surface area (Å²) in [5, 5.41) is 9.74. The van der Waals surface area contributed by atoms with Gasteiger partial charge in [0.25, 0.3) is 6.29 Å². The summed E-state index contributed by atoms with van der Waals surface area (Å²) in [4.78, 5) is 37.6. The average molecular weight is 1190 g/mol. The number of nitrogens with zero attached hydrogens (tertiary/aromatic N) is 1. The molecule has 0 heterocycles. The van der Waals surface area contributed by atoms with E-state index in [1.807, 2.05) is 21.1 Å². The quantitative estimate of drug-likeness (QED) is 0.0211. The van der Waals surface area contributed by atoms with E-state index in [1.54, 1.807) is 0 Å². The zero-order valence-corrected chi connectivity index (χ0v) is 56.5. The van der Waals surface area contributed by atoms with Crippen molar-refractivity contribution in [1.82, 2.24) is 0 Å². The fourth-order valence-electron chi connectivity index (χ4n) is 10.5. The Bertz CT molecular complexity index is 1620. The number of esters is 2. The predicted molar refractivity (Wildman–Crippen MR) is 364 cm³/mol. The molecule has 2 unspecified atom stereocenters. The van der Waals surface area contributed by atoms with Gasteiger partial charge in [-0.2, -0.15) is 0 Å². The third-order valence-electron chi connectivity index (χ3n) is 15.9. The number of carbonyl (C=O) groups is 3. The van der Waals surface area contributed by atoms with Crippen molar-refractivity contribution < 1.29 is 42.9 Å². The second-order valence-electron chi connectivity index (χ2n) is 25.5. The minimum absolute atomic E-state index is 0.184. The van der Waals surface area contributed by atoms with E-state index in [4.69, 9.17) is 18.9 Å². The van der Waals surface area contributed by atoms with Crippen molar-refractivity contribution in [3.05, 3.63) is 72.9 Å². The molecule has 9 nitrogen and oxygen atoms in total. The molecule has 0 aromatic rings. The fraction of sp³-hybridized carbons (Fsp3) is 0.803. The van der Waals surface area contributed by atoms with Gasteiger partial charge in [-0.15, -0.1) is 0 Å². The highest BCUT2D eigenvalue weighted by Crippen LogP contribution is 2.18. The molecule has 0 amide bonds.